The summed E-state index contributed by atoms with van der Waals surface area (Å²) < 4.78 is 0. The van der Waals surface area contributed by atoms with Crippen LogP contribution in [-0.4, -0.2) is 19.9 Å². The monoisotopic (exact) mass is 1600 g/mol. The van der Waals surface area contributed by atoms with E-state index in [0.29, 0.717) is 0 Å². The van der Waals surface area contributed by atoms with Crippen molar-refractivity contribution in [3.05, 3.63) is 351 Å². The average Bonchev–Trinajstić information content (AvgIpc) is 0.782. The normalized spacial score (nSPS) is 11.1. The van der Waals surface area contributed by atoms with Gasteiger partial charge < -0.3 is 29.7 Å². The van der Waals surface area contributed by atoms with E-state index >= 15 is 0 Å². The minimum absolute atomic E-state index is 0. The van der Waals surface area contributed by atoms with Crippen LogP contribution in [0.2, 0.25) is 0 Å². The third kappa shape index (κ3) is 15.9. The van der Waals surface area contributed by atoms with Crippen molar-refractivity contribution < 1.29 is 42.1 Å². The van der Waals surface area contributed by atoms with Gasteiger partial charge in [-0.3, -0.25) is 0 Å². The molecule has 0 amide bonds. The van der Waals surface area contributed by atoms with Gasteiger partial charge in [0.05, 0.1) is 0 Å². The molecule has 472 valence electrons. The quantitative estimate of drug-likeness (QED) is 0.101. The molecule has 6 nitrogen and oxygen atoms in total. The molecule has 0 bridgehead atoms. The topological polar surface area (TPSA) is 58.0 Å². The van der Waals surface area contributed by atoms with Gasteiger partial charge in [-0.15, -0.1) is 119 Å². The molecule has 0 unspecified atom stereocenters. The summed E-state index contributed by atoms with van der Waals surface area (Å²) in [4.78, 5) is 23.3. The molecule has 0 saturated carbocycles. The van der Waals surface area contributed by atoms with E-state index in [2.05, 4.69) is 317 Å². The van der Waals surface area contributed by atoms with E-state index in [1.165, 1.54) is 16.7 Å². The maximum atomic E-state index is 4.76. The van der Waals surface area contributed by atoms with Gasteiger partial charge in [-0.2, -0.15) is 0 Å². The molecule has 0 atom stereocenters. The van der Waals surface area contributed by atoms with Gasteiger partial charge in [0.2, 0.25) is 0 Å². The first kappa shape index (κ1) is 67.2. The first-order valence-electron chi connectivity index (χ1n) is 31.8. The smallest absolute Gasteiger partial charge is 0.346 e. The summed E-state index contributed by atoms with van der Waals surface area (Å²) in [5, 5.41) is 0. The second kappa shape index (κ2) is 30.5. The first-order valence-corrected chi connectivity index (χ1v) is 31.8. The van der Waals surface area contributed by atoms with Gasteiger partial charge in [0, 0.05) is 36.2 Å². The van der Waals surface area contributed by atoms with Gasteiger partial charge in [-0.05, 0) is 161 Å². The van der Waals surface area contributed by atoms with Crippen LogP contribution in [-0.2, 0) is 53.0 Å². The number of benzene rings is 10. The van der Waals surface area contributed by atoms with E-state index in [1.807, 2.05) is 79.4 Å². The van der Waals surface area contributed by atoms with E-state index in [1.54, 1.807) is 0 Å². The summed E-state index contributed by atoms with van der Waals surface area (Å²) in [6, 6.07) is 116. The third-order valence-electron chi connectivity index (χ3n) is 16.6. The maximum Gasteiger partial charge on any atom is 2.00 e. The number of hydrogen-bond donors (Lipinski definition) is 0. The summed E-state index contributed by atoms with van der Waals surface area (Å²) in [7, 11) is 0. The molecule has 0 aliphatic heterocycles. The molecule has 4 heterocycles. The van der Waals surface area contributed by atoms with Crippen LogP contribution >= 0.6 is 0 Å². The Bertz CT molecular complexity index is 4700. The SMILES string of the molecule is CC(C)(C)c1cc(N(c2[c-]c(-c3ccccn3)ccc2)c2[c-]c(-c3cc(-c4ccccc4)ccn3)ccc2)cc(C(C)(C)C)c1.[Pt+2].[Pt+2].[c-]1c(-c2cc(-c3ccccc3)ccn2)cccc1N(c1[c-]c(-c2cc(-c3ccccc3)ccn2)ccc1)c1ccc(-c2ccccc2)cc1. The van der Waals surface area contributed by atoms with Crippen molar-refractivity contribution >= 4 is 34.1 Å². The number of aromatic nitrogens is 4. The van der Waals surface area contributed by atoms with Gasteiger partial charge in [0.25, 0.3) is 0 Å². The van der Waals surface area contributed by atoms with Crippen molar-refractivity contribution in [2.45, 2.75) is 52.4 Å². The van der Waals surface area contributed by atoms with Crippen molar-refractivity contribution in [1.82, 2.24) is 19.9 Å². The van der Waals surface area contributed by atoms with Crippen LogP contribution in [0.3, 0.4) is 0 Å². The number of anilines is 6. The fraction of sp³-hybridized carbons (Fsp3) is 0.0909. The van der Waals surface area contributed by atoms with Crippen LogP contribution in [0.15, 0.2) is 316 Å². The zero-order valence-corrected chi connectivity index (χ0v) is 58.9. The van der Waals surface area contributed by atoms with Crippen LogP contribution in [0.1, 0.15) is 52.7 Å². The maximum absolute atomic E-state index is 4.76. The fourth-order valence-corrected chi connectivity index (χ4v) is 11.5. The predicted molar refractivity (Wildman–Crippen MR) is 390 cm³/mol. The Hall–Kier alpha value is -10.2. The molecular formula is C88H70N6Pt2. The molecular weight excluding hydrogens is 1530 g/mol. The van der Waals surface area contributed by atoms with E-state index in [9.17, 15) is 0 Å². The predicted octanol–water partition coefficient (Wildman–Crippen LogP) is 23.0. The Labute approximate surface area is 594 Å². The number of nitrogens with zero attached hydrogens (tertiary/aromatic N) is 6. The standard InChI is InChI=1S/C46H31N3.C42H39N3.2Pt/c1-4-12-34(13-5-1)37-22-24-42(25-23-37)49(43-20-10-18-40(30-43)45-32-38(26-28-47-45)35-14-6-2-7-15-35)44-21-11-19-41(31-44)46-33-39(27-29-48-46)36-16-8-3-9-17-36;1-41(2,3)34-27-35(42(4,5)6)29-38(28-34)45(36-18-12-16-32(24-36)39-20-10-11-22-43-39)37-19-13-17-33(25-37)40-26-31(21-23-44-40)30-14-8-7-9-15-30;;/h1-29,32-33H;7-23,26-29H,1-6H3;;/q2*-2;2*+2. The summed E-state index contributed by atoms with van der Waals surface area (Å²) >= 11 is 0. The van der Waals surface area contributed by atoms with E-state index in [-0.39, 0.29) is 53.0 Å². The van der Waals surface area contributed by atoms with Crippen LogP contribution in [0, 0.1) is 24.3 Å². The Morgan fingerprint density at radius 3 is 0.875 bits per heavy atom. The van der Waals surface area contributed by atoms with Crippen LogP contribution in [0.4, 0.5) is 34.1 Å². The molecule has 4 aromatic heterocycles. The number of pyridine rings is 4. The Morgan fingerprint density at radius 2 is 0.542 bits per heavy atom. The largest absolute Gasteiger partial charge is 2.00 e. The molecule has 0 saturated heterocycles. The minimum Gasteiger partial charge on any atom is -0.346 e. The zero-order valence-electron chi connectivity index (χ0n) is 54.3. The van der Waals surface area contributed by atoms with Crippen molar-refractivity contribution in [1.29, 1.82) is 0 Å². The van der Waals surface area contributed by atoms with Crippen LogP contribution in [0.5, 0.6) is 0 Å². The van der Waals surface area contributed by atoms with Crippen LogP contribution < -0.4 is 9.80 Å². The molecule has 0 aliphatic rings. The van der Waals surface area contributed by atoms with Crippen molar-refractivity contribution in [3.8, 4) is 89.5 Å². The van der Waals surface area contributed by atoms with Crippen molar-refractivity contribution in [3.63, 3.8) is 0 Å². The molecule has 0 spiro atoms. The van der Waals surface area contributed by atoms with Gasteiger partial charge in [0.1, 0.15) is 0 Å². The van der Waals surface area contributed by atoms with E-state index in [4.69, 9.17) is 15.0 Å². The Morgan fingerprint density at radius 1 is 0.240 bits per heavy atom. The Kier molecular flexibility index (Phi) is 21.3. The Balaban J connectivity index is 0.000000192. The minimum atomic E-state index is -0.0332. The average molecular weight is 1600 g/mol. The number of hydrogen-bond acceptors (Lipinski definition) is 6. The van der Waals surface area contributed by atoms with Crippen molar-refractivity contribution in [2.75, 3.05) is 9.80 Å². The molecule has 0 fully saturated rings. The van der Waals surface area contributed by atoms with Crippen LogP contribution in [0.25, 0.3) is 89.5 Å². The molecule has 8 heteroatoms. The molecule has 0 aliphatic carbocycles. The van der Waals surface area contributed by atoms with Gasteiger partial charge in [-0.25, -0.2) is 0 Å². The second-order valence-corrected chi connectivity index (χ2v) is 25.3. The second-order valence-electron chi connectivity index (χ2n) is 25.3. The molecule has 0 radical (unpaired) electrons. The first-order chi connectivity index (χ1) is 45.8. The van der Waals surface area contributed by atoms with Gasteiger partial charge in [0.15, 0.2) is 0 Å². The zero-order chi connectivity index (χ0) is 64.4. The molecule has 14 aromatic rings. The molecule has 0 N–H and O–H groups in total. The fourth-order valence-electron chi connectivity index (χ4n) is 11.5. The van der Waals surface area contributed by atoms with E-state index < -0.39 is 0 Å². The summed E-state index contributed by atoms with van der Waals surface area (Å²) in [6.07, 6.45) is 7.43. The number of rotatable bonds is 14. The van der Waals surface area contributed by atoms with Gasteiger partial charge in [-0.1, -0.05) is 211 Å². The summed E-state index contributed by atoms with van der Waals surface area (Å²) in [5.74, 6) is 0. The van der Waals surface area contributed by atoms with Gasteiger partial charge >= 0.3 is 42.1 Å². The summed E-state index contributed by atoms with van der Waals surface area (Å²) in [5.41, 5.74) is 24.5. The third-order valence-corrected chi connectivity index (χ3v) is 16.6. The van der Waals surface area contributed by atoms with Crippen molar-refractivity contribution in [2.24, 2.45) is 0 Å². The molecule has 10 aromatic carbocycles. The summed E-state index contributed by atoms with van der Waals surface area (Å²) in [6.45, 7) is 13.6. The molecule has 96 heavy (non-hydrogen) atoms. The molecule has 14 rings (SSSR count). The van der Waals surface area contributed by atoms with E-state index in [0.717, 1.165) is 118 Å².